The van der Waals surface area contributed by atoms with Crippen LogP contribution in [0.25, 0.3) is 0 Å². The molecule has 0 amide bonds. The highest BCUT2D eigenvalue weighted by molar-refractivity contribution is 7.99. The molecular weight excluding hydrogens is 238 g/mol. The molecule has 0 spiro atoms. The number of hydrogen-bond donors (Lipinski definition) is 0. The maximum atomic E-state index is 10.7. The zero-order chi connectivity index (χ0) is 12.7. The van der Waals surface area contributed by atoms with Crippen molar-refractivity contribution in [3.63, 3.8) is 0 Å². The lowest BCUT2D eigenvalue weighted by molar-refractivity contribution is -0.516. The predicted octanol–water partition coefficient (Wildman–Crippen LogP) is 3.23. The first-order valence-corrected chi connectivity index (χ1v) is 6.65. The lowest BCUT2D eigenvalue weighted by atomic mass is 10.3. The first kappa shape index (κ1) is 13.8. The Morgan fingerprint density at radius 3 is 2.47 bits per heavy atom. The zero-order valence-electron chi connectivity index (χ0n) is 10.1. The molecule has 17 heavy (non-hydrogen) atoms. The van der Waals surface area contributed by atoms with Crippen molar-refractivity contribution < 1.29 is 9.66 Å². The fourth-order valence-corrected chi connectivity index (χ4v) is 2.39. The highest BCUT2D eigenvalue weighted by Gasteiger charge is 2.17. The smallest absolute Gasteiger partial charge is 0.222 e. The Morgan fingerprint density at radius 2 is 2.00 bits per heavy atom. The molecular formula is C12H17NO3S. The number of nitro groups is 1. The van der Waals surface area contributed by atoms with Crippen molar-refractivity contribution in [3.8, 4) is 5.75 Å². The largest absolute Gasteiger partial charge is 0.494 e. The van der Waals surface area contributed by atoms with Crippen molar-refractivity contribution in [1.29, 1.82) is 0 Å². The molecule has 0 heterocycles. The Labute approximate surface area is 106 Å². The van der Waals surface area contributed by atoms with Gasteiger partial charge in [0.05, 0.1) is 12.4 Å². The molecule has 0 bridgehead atoms. The predicted molar refractivity (Wildman–Crippen MR) is 69.4 cm³/mol. The average molecular weight is 255 g/mol. The van der Waals surface area contributed by atoms with Crippen molar-refractivity contribution in [2.45, 2.75) is 31.2 Å². The minimum Gasteiger partial charge on any atom is -0.494 e. The summed E-state index contributed by atoms with van der Waals surface area (Å²) in [5, 5.41) is 10.7. The molecule has 4 nitrogen and oxygen atoms in total. The molecule has 1 rings (SSSR count). The van der Waals surface area contributed by atoms with Gasteiger partial charge in [-0.25, -0.2) is 0 Å². The molecule has 1 aromatic rings. The van der Waals surface area contributed by atoms with E-state index in [4.69, 9.17) is 4.74 Å². The van der Waals surface area contributed by atoms with E-state index < -0.39 is 6.04 Å². The number of nitrogens with zero attached hydrogens (tertiary/aromatic N) is 1. The third kappa shape index (κ3) is 4.65. The molecule has 0 aliphatic carbocycles. The van der Waals surface area contributed by atoms with Gasteiger partial charge in [-0.3, -0.25) is 10.1 Å². The van der Waals surface area contributed by atoms with Crippen LogP contribution < -0.4 is 4.74 Å². The van der Waals surface area contributed by atoms with E-state index in [0.717, 1.165) is 10.6 Å². The maximum absolute atomic E-state index is 10.7. The van der Waals surface area contributed by atoms with Crippen molar-refractivity contribution in [3.05, 3.63) is 34.4 Å². The summed E-state index contributed by atoms with van der Waals surface area (Å²) in [5.74, 6) is 1.34. The molecule has 0 N–H and O–H groups in total. The van der Waals surface area contributed by atoms with Crippen molar-refractivity contribution >= 4 is 11.8 Å². The molecule has 0 aliphatic heterocycles. The summed E-state index contributed by atoms with van der Waals surface area (Å²) in [5.41, 5.74) is 0. The van der Waals surface area contributed by atoms with E-state index in [1.165, 1.54) is 11.8 Å². The quantitative estimate of drug-likeness (QED) is 0.426. The van der Waals surface area contributed by atoms with Crippen LogP contribution in [0.2, 0.25) is 0 Å². The van der Waals surface area contributed by atoms with E-state index >= 15 is 0 Å². The Balaban J connectivity index is 2.49. The lowest BCUT2D eigenvalue weighted by Crippen LogP contribution is -2.20. The topological polar surface area (TPSA) is 52.4 Å². The van der Waals surface area contributed by atoms with Gasteiger partial charge < -0.3 is 4.74 Å². The van der Waals surface area contributed by atoms with Gasteiger partial charge in [-0.1, -0.05) is 6.92 Å². The standard InChI is InChI=1S/C12H17NO3S/c1-3-10(13(14)15)9-17-12-7-5-11(6-8-12)16-4-2/h5-8,10H,3-4,9H2,1-2H3. The molecule has 1 unspecified atom stereocenters. The van der Waals surface area contributed by atoms with Gasteiger partial charge in [0, 0.05) is 16.2 Å². The third-order valence-electron chi connectivity index (χ3n) is 2.35. The molecule has 0 radical (unpaired) electrons. The SMILES string of the molecule is CCOc1ccc(SCC(CC)[N+](=O)[O-])cc1. The van der Waals surface area contributed by atoms with E-state index in [2.05, 4.69) is 0 Å². The molecule has 0 fully saturated rings. The normalized spacial score (nSPS) is 12.1. The van der Waals surface area contributed by atoms with Crippen LogP contribution in [0.15, 0.2) is 29.2 Å². The van der Waals surface area contributed by atoms with Crippen LogP contribution in [0.4, 0.5) is 0 Å². The molecule has 0 saturated heterocycles. The van der Waals surface area contributed by atoms with Gasteiger partial charge in [-0.15, -0.1) is 11.8 Å². The highest BCUT2D eigenvalue weighted by atomic mass is 32.2. The number of ether oxygens (including phenoxy) is 1. The van der Waals surface area contributed by atoms with Gasteiger partial charge in [0.2, 0.25) is 6.04 Å². The van der Waals surface area contributed by atoms with Gasteiger partial charge in [-0.2, -0.15) is 0 Å². The zero-order valence-corrected chi connectivity index (χ0v) is 10.9. The first-order valence-electron chi connectivity index (χ1n) is 5.66. The Hall–Kier alpha value is -1.23. The monoisotopic (exact) mass is 255 g/mol. The summed E-state index contributed by atoms with van der Waals surface area (Å²) in [6, 6.07) is 7.18. The van der Waals surface area contributed by atoms with Crippen LogP contribution >= 0.6 is 11.8 Å². The average Bonchev–Trinajstić information content (AvgIpc) is 2.32. The number of rotatable bonds is 7. The third-order valence-corrected chi connectivity index (χ3v) is 3.50. The van der Waals surface area contributed by atoms with E-state index in [1.807, 2.05) is 38.1 Å². The van der Waals surface area contributed by atoms with Crippen LogP contribution in [0.3, 0.4) is 0 Å². The van der Waals surface area contributed by atoms with E-state index in [0.29, 0.717) is 18.8 Å². The van der Waals surface area contributed by atoms with Crippen molar-refractivity contribution in [2.75, 3.05) is 12.4 Å². The maximum Gasteiger partial charge on any atom is 0.222 e. The number of benzene rings is 1. The van der Waals surface area contributed by atoms with Gasteiger partial charge in [-0.05, 0) is 31.2 Å². The Kier molecular flexibility index (Phi) is 5.83. The summed E-state index contributed by atoms with van der Waals surface area (Å²) in [6.45, 7) is 4.42. The highest BCUT2D eigenvalue weighted by Crippen LogP contribution is 2.23. The van der Waals surface area contributed by atoms with Crippen LogP contribution in [0.5, 0.6) is 5.75 Å². The molecule has 1 atom stereocenters. The fourth-order valence-electron chi connectivity index (χ4n) is 1.32. The lowest BCUT2D eigenvalue weighted by Gasteiger charge is -2.07. The summed E-state index contributed by atoms with van der Waals surface area (Å²) >= 11 is 1.51. The minimum absolute atomic E-state index is 0.207. The van der Waals surface area contributed by atoms with Crippen LogP contribution in [-0.2, 0) is 0 Å². The van der Waals surface area contributed by atoms with Crippen LogP contribution in [-0.4, -0.2) is 23.3 Å². The second kappa shape index (κ2) is 7.17. The number of thioether (sulfide) groups is 1. The van der Waals surface area contributed by atoms with Crippen molar-refractivity contribution in [1.82, 2.24) is 0 Å². The van der Waals surface area contributed by atoms with Crippen molar-refractivity contribution in [2.24, 2.45) is 0 Å². The summed E-state index contributed by atoms with van der Waals surface area (Å²) in [4.78, 5) is 11.5. The first-order chi connectivity index (χ1) is 8.17. The van der Waals surface area contributed by atoms with Gasteiger partial charge in [0.25, 0.3) is 0 Å². The van der Waals surface area contributed by atoms with E-state index in [1.54, 1.807) is 0 Å². The van der Waals surface area contributed by atoms with Gasteiger partial charge in [0.1, 0.15) is 5.75 Å². The second-order valence-electron chi connectivity index (χ2n) is 3.56. The Bertz CT molecular complexity index is 353. The number of hydrogen-bond acceptors (Lipinski definition) is 4. The van der Waals surface area contributed by atoms with E-state index in [9.17, 15) is 10.1 Å². The minimum atomic E-state index is -0.466. The molecule has 94 valence electrons. The van der Waals surface area contributed by atoms with Gasteiger partial charge >= 0.3 is 0 Å². The summed E-state index contributed by atoms with van der Waals surface area (Å²) in [7, 11) is 0. The van der Waals surface area contributed by atoms with Gasteiger partial charge in [0.15, 0.2) is 0 Å². The summed E-state index contributed by atoms with van der Waals surface area (Å²) in [6.07, 6.45) is 0.566. The molecule has 5 heteroatoms. The van der Waals surface area contributed by atoms with Crippen LogP contribution in [0.1, 0.15) is 20.3 Å². The fraction of sp³-hybridized carbons (Fsp3) is 0.500. The van der Waals surface area contributed by atoms with Crippen LogP contribution in [0, 0.1) is 10.1 Å². The molecule has 1 aromatic carbocycles. The molecule has 0 saturated carbocycles. The second-order valence-corrected chi connectivity index (χ2v) is 4.66. The molecule has 0 aliphatic rings. The Morgan fingerprint density at radius 1 is 1.35 bits per heavy atom. The van der Waals surface area contributed by atoms with E-state index in [-0.39, 0.29) is 4.92 Å². The molecule has 0 aromatic heterocycles. The summed E-state index contributed by atoms with van der Waals surface area (Å²) < 4.78 is 5.33.